The highest BCUT2D eigenvalue weighted by molar-refractivity contribution is 9.10. The molecule has 2 aromatic rings. The van der Waals surface area contributed by atoms with Crippen LogP contribution in [0, 0.1) is 6.92 Å². The second-order valence-electron chi connectivity index (χ2n) is 4.35. The fraction of sp³-hybridized carbons (Fsp3) is 0.133. The smallest absolute Gasteiger partial charge is 0.372 e. The zero-order chi connectivity index (χ0) is 15.9. The van der Waals surface area contributed by atoms with Gasteiger partial charge in [-0.1, -0.05) is 27.2 Å². The van der Waals surface area contributed by atoms with Gasteiger partial charge in [0, 0.05) is 10.7 Å². The number of rotatable bonds is 5. The van der Waals surface area contributed by atoms with Crippen LogP contribution in [0.25, 0.3) is 0 Å². The van der Waals surface area contributed by atoms with Gasteiger partial charge < -0.3 is 15.3 Å². The molecule has 7 heteroatoms. The fourth-order valence-corrected chi connectivity index (χ4v) is 2.07. The van der Waals surface area contributed by atoms with Gasteiger partial charge in [-0.15, -0.1) is 0 Å². The van der Waals surface area contributed by atoms with E-state index in [0.717, 1.165) is 10.0 Å². The van der Waals surface area contributed by atoms with Crippen LogP contribution >= 0.6 is 15.9 Å². The number of aryl methyl sites for hydroxylation is 1. The number of ether oxygens (including phenoxy) is 1. The molecule has 0 fully saturated rings. The highest BCUT2D eigenvalue weighted by Crippen LogP contribution is 2.22. The largest absolute Gasteiger partial charge is 0.482 e. The van der Waals surface area contributed by atoms with E-state index in [4.69, 9.17) is 15.3 Å². The quantitative estimate of drug-likeness (QED) is 0.381. The molecule has 0 amide bonds. The molecule has 114 valence electrons. The van der Waals surface area contributed by atoms with Crippen LogP contribution in [0.1, 0.15) is 11.3 Å². The third kappa shape index (κ3) is 4.56. The van der Waals surface area contributed by atoms with E-state index >= 15 is 0 Å². The summed E-state index contributed by atoms with van der Waals surface area (Å²) in [5, 5.41) is 3.54. The zero-order valence-electron chi connectivity index (χ0n) is 11.8. The summed E-state index contributed by atoms with van der Waals surface area (Å²) < 4.78 is 6.31. The van der Waals surface area contributed by atoms with Crippen LogP contribution in [-0.4, -0.2) is 23.4 Å². The molecule has 0 saturated heterocycles. The molecule has 0 aliphatic carbocycles. The lowest BCUT2D eigenvalue weighted by atomic mass is 10.2. The summed E-state index contributed by atoms with van der Waals surface area (Å²) in [5.41, 5.74) is 6.99. The number of hydrogen-bond donors (Lipinski definition) is 1. The van der Waals surface area contributed by atoms with Gasteiger partial charge in [-0.05, 0) is 42.8 Å². The van der Waals surface area contributed by atoms with E-state index in [1.807, 2.05) is 19.1 Å². The van der Waals surface area contributed by atoms with Gasteiger partial charge in [0.2, 0.25) is 0 Å². The van der Waals surface area contributed by atoms with Crippen molar-refractivity contribution in [1.29, 1.82) is 0 Å². The number of pyridine rings is 1. The minimum atomic E-state index is -0.652. The Balaban J connectivity index is 1.88. The average molecular weight is 364 g/mol. The molecule has 6 nitrogen and oxygen atoms in total. The number of benzene rings is 1. The molecule has 1 aromatic carbocycles. The van der Waals surface area contributed by atoms with E-state index < -0.39 is 5.97 Å². The maximum Gasteiger partial charge on any atom is 0.372 e. The van der Waals surface area contributed by atoms with Gasteiger partial charge in [0.05, 0.1) is 0 Å². The Bertz CT molecular complexity index is 690. The first-order valence-corrected chi connectivity index (χ1v) is 7.19. The topological polar surface area (TPSA) is 86.8 Å². The summed E-state index contributed by atoms with van der Waals surface area (Å²) in [4.78, 5) is 20.3. The number of carbonyl (C=O) groups is 1. The lowest BCUT2D eigenvalue weighted by Gasteiger charge is -2.07. The highest BCUT2D eigenvalue weighted by atomic mass is 79.9. The number of aromatic nitrogens is 1. The van der Waals surface area contributed by atoms with Crippen molar-refractivity contribution in [3.05, 3.63) is 58.3 Å². The molecule has 0 bridgehead atoms. The van der Waals surface area contributed by atoms with Gasteiger partial charge in [0.15, 0.2) is 12.4 Å². The summed E-state index contributed by atoms with van der Waals surface area (Å²) in [6, 6.07) is 10.6. The molecule has 2 N–H and O–H groups in total. The highest BCUT2D eigenvalue weighted by Gasteiger charge is 2.08. The Morgan fingerprint density at radius 3 is 2.86 bits per heavy atom. The van der Waals surface area contributed by atoms with Crippen molar-refractivity contribution < 1.29 is 14.4 Å². The number of carbonyl (C=O) groups excluding carboxylic acids is 1. The second kappa shape index (κ2) is 7.56. The summed E-state index contributed by atoms with van der Waals surface area (Å²) in [6.07, 6.45) is 1.57. The maximum atomic E-state index is 11.6. The first-order valence-electron chi connectivity index (χ1n) is 6.40. The SMILES string of the molecule is Cc1cc(Br)ccc1OCC(=O)ON=C(N)c1ccccn1. The maximum absolute atomic E-state index is 11.6. The number of halogens is 1. The molecule has 0 aliphatic rings. The van der Waals surface area contributed by atoms with Crippen LogP contribution in [0.15, 0.2) is 52.2 Å². The fourth-order valence-electron chi connectivity index (χ4n) is 1.60. The summed E-state index contributed by atoms with van der Waals surface area (Å²) >= 11 is 3.35. The molecule has 0 saturated carbocycles. The molecule has 0 spiro atoms. The van der Waals surface area contributed by atoms with Crippen molar-refractivity contribution in [2.45, 2.75) is 6.92 Å². The molecular weight excluding hydrogens is 350 g/mol. The van der Waals surface area contributed by atoms with E-state index in [0.29, 0.717) is 11.4 Å². The minimum absolute atomic E-state index is 0.0220. The van der Waals surface area contributed by atoms with Crippen LogP contribution in [-0.2, 0) is 9.63 Å². The van der Waals surface area contributed by atoms with E-state index in [-0.39, 0.29) is 12.4 Å². The zero-order valence-corrected chi connectivity index (χ0v) is 13.4. The Morgan fingerprint density at radius 2 is 2.18 bits per heavy atom. The third-order valence-corrected chi connectivity index (χ3v) is 3.15. The van der Waals surface area contributed by atoms with Crippen LogP contribution in [0.3, 0.4) is 0 Å². The third-order valence-electron chi connectivity index (χ3n) is 2.66. The van der Waals surface area contributed by atoms with E-state index in [9.17, 15) is 4.79 Å². The summed E-state index contributed by atoms with van der Waals surface area (Å²) in [5.74, 6) is -0.0307. The van der Waals surface area contributed by atoms with Gasteiger partial charge in [-0.25, -0.2) is 4.79 Å². The van der Waals surface area contributed by atoms with Crippen LogP contribution in [0.5, 0.6) is 5.75 Å². The Labute approximate surface area is 136 Å². The number of nitrogens with two attached hydrogens (primary N) is 1. The van der Waals surface area contributed by atoms with Gasteiger partial charge >= 0.3 is 5.97 Å². The molecule has 0 aliphatic heterocycles. The van der Waals surface area contributed by atoms with Crippen LogP contribution < -0.4 is 10.5 Å². The van der Waals surface area contributed by atoms with Gasteiger partial charge in [-0.2, -0.15) is 0 Å². The van der Waals surface area contributed by atoms with Crippen LogP contribution in [0.4, 0.5) is 0 Å². The molecule has 22 heavy (non-hydrogen) atoms. The first-order chi connectivity index (χ1) is 10.6. The second-order valence-corrected chi connectivity index (χ2v) is 5.27. The predicted molar refractivity (Wildman–Crippen MR) is 85.4 cm³/mol. The van der Waals surface area contributed by atoms with E-state index in [2.05, 4.69) is 26.1 Å². The number of hydrogen-bond acceptors (Lipinski definition) is 5. The first kappa shape index (κ1) is 16.0. The van der Waals surface area contributed by atoms with Crippen molar-refractivity contribution in [2.24, 2.45) is 10.9 Å². The lowest BCUT2D eigenvalue weighted by molar-refractivity contribution is -0.146. The van der Waals surface area contributed by atoms with E-state index in [1.54, 1.807) is 30.5 Å². The summed E-state index contributed by atoms with van der Waals surface area (Å²) in [6.45, 7) is 1.62. The number of nitrogens with zero attached hydrogens (tertiary/aromatic N) is 2. The molecular formula is C15H14BrN3O3. The lowest BCUT2D eigenvalue weighted by Crippen LogP contribution is -2.19. The molecule has 2 rings (SSSR count). The number of oxime groups is 1. The monoisotopic (exact) mass is 363 g/mol. The number of amidine groups is 1. The normalized spacial score (nSPS) is 11.1. The molecule has 1 aromatic heterocycles. The van der Waals surface area contributed by atoms with Gasteiger partial charge in [0.1, 0.15) is 11.4 Å². The summed E-state index contributed by atoms with van der Waals surface area (Å²) in [7, 11) is 0. The molecule has 0 atom stereocenters. The van der Waals surface area contributed by atoms with Gasteiger partial charge in [-0.3, -0.25) is 4.98 Å². The van der Waals surface area contributed by atoms with E-state index in [1.165, 1.54) is 0 Å². The van der Waals surface area contributed by atoms with Crippen molar-refractivity contribution in [3.8, 4) is 5.75 Å². The molecule has 0 radical (unpaired) electrons. The van der Waals surface area contributed by atoms with Crippen molar-refractivity contribution in [1.82, 2.24) is 4.98 Å². The van der Waals surface area contributed by atoms with Crippen molar-refractivity contribution in [3.63, 3.8) is 0 Å². The minimum Gasteiger partial charge on any atom is -0.482 e. The van der Waals surface area contributed by atoms with Crippen molar-refractivity contribution in [2.75, 3.05) is 6.61 Å². The molecule has 1 heterocycles. The van der Waals surface area contributed by atoms with Crippen LogP contribution in [0.2, 0.25) is 0 Å². The Morgan fingerprint density at radius 1 is 1.36 bits per heavy atom. The van der Waals surface area contributed by atoms with Crippen molar-refractivity contribution >= 4 is 27.7 Å². The standard InChI is InChI=1S/C15H14BrN3O3/c1-10-8-11(16)5-6-13(10)21-9-14(20)22-19-15(17)12-4-2-3-7-18-12/h2-8H,9H2,1H3,(H2,17,19). The Hall–Kier alpha value is -2.41. The average Bonchev–Trinajstić information content (AvgIpc) is 2.52. The van der Waals surface area contributed by atoms with Gasteiger partial charge in [0.25, 0.3) is 0 Å². The Kier molecular flexibility index (Phi) is 5.48. The predicted octanol–water partition coefficient (Wildman–Crippen LogP) is 2.40. The molecule has 0 unspecified atom stereocenters.